The largest absolute Gasteiger partial charge is 0.476 e. The zero-order valence-electron chi connectivity index (χ0n) is 11.9. The maximum absolute atomic E-state index is 12.8. The average Bonchev–Trinajstić information content (AvgIpc) is 2.51. The summed E-state index contributed by atoms with van der Waals surface area (Å²) in [6, 6.07) is 6.35. The van der Waals surface area contributed by atoms with Gasteiger partial charge in [0.05, 0.1) is 11.2 Å². The van der Waals surface area contributed by atoms with Gasteiger partial charge in [-0.15, -0.1) is 0 Å². The first-order valence-electron chi connectivity index (χ1n) is 6.57. The molecule has 2 rings (SSSR count). The molecule has 1 atom stereocenters. The monoisotopic (exact) mass is 265 g/mol. The van der Waals surface area contributed by atoms with Gasteiger partial charge in [-0.05, 0) is 51.8 Å². The van der Waals surface area contributed by atoms with Crippen LogP contribution < -0.4 is 5.73 Å². The van der Waals surface area contributed by atoms with Crippen molar-refractivity contribution >= 4 is 7.12 Å². The highest BCUT2D eigenvalue weighted by atomic mass is 19.1. The molecule has 0 saturated carbocycles. The molecule has 2 N–H and O–H groups in total. The molecule has 0 bridgehead atoms. The maximum Gasteiger partial charge on any atom is 0.476 e. The molecule has 5 heteroatoms. The second kappa shape index (κ2) is 4.89. The minimum absolute atomic E-state index is 0.243. The molecule has 0 spiro atoms. The van der Waals surface area contributed by atoms with Gasteiger partial charge in [0.1, 0.15) is 5.82 Å². The van der Waals surface area contributed by atoms with E-state index < -0.39 is 7.12 Å². The van der Waals surface area contributed by atoms with Gasteiger partial charge in [-0.2, -0.15) is 0 Å². The molecule has 0 aliphatic carbocycles. The molecular formula is C14H21BFNO2. The first kappa shape index (κ1) is 14.5. The molecule has 0 aromatic heterocycles. The predicted molar refractivity (Wildman–Crippen MR) is 74.2 cm³/mol. The second-order valence-corrected chi connectivity index (χ2v) is 6.12. The van der Waals surface area contributed by atoms with Gasteiger partial charge >= 0.3 is 7.12 Å². The van der Waals surface area contributed by atoms with Crippen molar-refractivity contribution in [2.75, 3.05) is 0 Å². The second-order valence-electron chi connectivity index (χ2n) is 6.12. The van der Waals surface area contributed by atoms with Gasteiger partial charge < -0.3 is 15.0 Å². The summed E-state index contributed by atoms with van der Waals surface area (Å²) in [5, 5.41) is 0. The minimum atomic E-state index is -0.435. The van der Waals surface area contributed by atoms with Crippen LogP contribution in [0.2, 0.25) is 0 Å². The van der Waals surface area contributed by atoms with Gasteiger partial charge in [-0.1, -0.05) is 12.1 Å². The number of nitrogens with two attached hydrogens (primary N) is 1. The van der Waals surface area contributed by atoms with E-state index in [4.69, 9.17) is 15.0 Å². The van der Waals surface area contributed by atoms with Crippen LogP contribution in [-0.4, -0.2) is 24.3 Å². The van der Waals surface area contributed by atoms with E-state index in [0.29, 0.717) is 6.42 Å². The van der Waals surface area contributed by atoms with Crippen LogP contribution in [0.5, 0.6) is 0 Å². The summed E-state index contributed by atoms with van der Waals surface area (Å²) in [7, 11) is -0.435. The smallest absolute Gasteiger partial charge is 0.402 e. The molecule has 0 amide bonds. The van der Waals surface area contributed by atoms with E-state index in [1.165, 1.54) is 12.1 Å². The van der Waals surface area contributed by atoms with Gasteiger partial charge in [0.2, 0.25) is 0 Å². The van der Waals surface area contributed by atoms with Crippen LogP contribution >= 0.6 is 0 Å². The molecule has 3 nitrogen and oxygen atoms in total. The van der Waals surface area contributed by atoms with Crippen molar-refractivity contribution in [3.05, 3.63) is 35.6 Å². The van der Waals surface area contributed by atoms with Crippen LogP contribution in [0.4, 0.5) is 4.39 Å². The summed E-state index contributed by atoms with van der Waals surface area (Å²) in [4.78, 5) is 0. The number of benzene rings is 1. The van der Waals surface area contributed by atoms with E-state index in [0.717, 1.165) is 5.56 Å². The molecule has 1 aliphatic heterocycles. The van der Waals surface area contributed by atoms with Crippen molar-refractivity contribution in [2.45, 2.75) is 51.3 Å². The Hall–Kier alpha value is -0.905. The average molecular weight is 265 g/mol. The summed E-state index contributed by atoms with van der Waals surface area (Å²) in [6.07, 6.45) is 0.594. The van der Waals surface area contributed by atoms with Crippen molar-refractivity contribution in [1.29, 1.82) is 0 Å². The highest BCUT2D eigenvalue weighted by Crippen LogP contribution is 2.37. The minimum Gasteiger partial charge on any atom is -0.402 e. The Bertz CT molecular complexity index is 431. The van der Waals surface area contributed by atoms with Gasteiger partial charge in [0.25, 0.3) is 0 Å². The Balaban J connectivity index is 2.02. The Morgan fingerprint density at radius 1 is 1.11 bits per heavy atom. The zero-order valence-corrected chi connectivity index (χ0v) is 11.9. The molecule has 19 heavy (non-hydrogen) atoms. The molecule has 0 radical (unpaired) electrons. The summed E-state index contributed by atoms with van der Waals surface area (Å²) in [5.41, 5.74) is 6.37. The Kier molecular flexibility index (Phi) is 3.73. The number of hydrogen-bond acceptors (Lipinski definition) is 3. The fraction of sp³-hybridized carbons (Fsp3) is 0.571. The third kappa shape index (κ3) is 2.99. The van der Waals surface area contributed by atoms with Gasteiger partial charge in [-0.25, -0.2) is 4.39 Å². The quantitative estimate of drug-likeness (QED) is 0.853. The first-order chi connectivity index (χ1) is 8.71. The highest BCUT2D eigenvalue weighted by Gasteiger charge is 2.52. The van der Waals surface area contributed by atoms with E-state index in [1.807, 2.05) is 27.7 Å². The van der Waals surface area contributed by atoms with E-state index in [2.05, 4.69) is 0 Å². The Labute approximate surface area is 114 Å². The topological polar surface area (TPSA) is 44.5 Å². The predicted octanol–water partition coefficient (Wildman–Crippen LogP) is 2.33. The summed E-state index contributed by atoms with van der Waals surface area (Å²) in [6.45, 7) is 7.99. The lowest BCUT2D eigenvalue weighted by atomic mass is 9.75. The van der Waals surface area contributed by atoms with E-state index in [-0.39, 0.29) is 23.0 Å². The number of rotatable bonds is 3. The third-order valence-corrected chi connectivity index (χ3v) is 4.01. The molecule has 1 unspecified atom stereocenters. The molecule has 1 aromatic carbocycles. The molecule has 104 valence electrons. The number of hydrogen-bond donors (Lipinski definition) is 1. The standard InChI is InChI=1S/C14H21BFNO2/c1-13(2)14(3,4)19-15(18-13)12(17)9-10-5-7-11(16)8-6-10/h5-8,12H,9,17H2,1-4H3. The molecule has 1 aliphatic rings. The van der Waals surface area contributed by atoms with E-state index in [9.17, 15) is 4.39 Å². The lowest BCUT2D eigenvalue weighted by molar-refractivity contribution is 0.00578. The highest BCUT2D eigenvalue weighted by molar-refractivity contribution is 6.47. The van der Waals surface area contributed by atoms with Crippen LogP contribution in [0, 0.1) is 5.82 Å². The maximum atomic E-state index is 12.8. The van der Waals surface area contributed by atoms with Crippen LogP contribution in [0.1, 0.15) is 33.3 Å². The fourth-order valence-electron chi connectivity index (χ4n) is 2.05. The first-order valence-corrected chi connectivity index (χ1v) is 6.57. The lowest BCUT2D eigenvalue weighted by Gasteiger charge is -2.32. The van der Waals surface area contributed by atoms with Crippen LogP contribution in [0.3, 0.4) is 0 Å². The van der Waals surface area contributed by atoms with Crippen molar-refractivity contribution < 1.29 is 13.7 Å². The zero-order chi connectivity index (χ0) is 14.3. The molecule has 1 fully saturated rings. The van der Waals surface area contributed by atoms with Crippen molar-refractivity contribution in [2.24, 2.45) is 5.73 Å². The van der Waals surface area contributed by atoms with E-state index >= 15 is 0 Å². The van der Waals surface area contributed by atoms with Crippen LogP contribution in [0.25, 0.3) is 0 Å². The Morgan fingerprint density at radius 3 is 2.05 bits per heavy atom. The fourth-order valence-corrected chi connectivity index (χ4v) is 2.05. The van der Waals surface area contributed by atoms with Gasteiger partial charge in [-0.3, -0.25) is 0 Å². The normalized spacial score (nSPS) is 22.5. The molecular weight excluding hydrogens is 244 g/mol. The van der Waals surface area contributed by atoms with Crippen LogP contribution in [-0.2, 0) is 15.7 Å². The Morgan fingerprint density at radius 2 is 1.58 bits per heavy atom. The summed E-state index contributed by atoms with van der Waals surface area (Å²) >= 11 is 0. The molecule has 1 saturated heterocycles. The van der Waals surface area contributed by atoms with Crippen LogP contribution in [0.15, 0.2) is 24.3 Å². The molecule has 1 heterocycles. The lowest BCUT2D eigenvalue weighted by Crippen LogP contribution is -2.43. The van der Waals surface area contributed by atoms with E-state index in [1.54, 1.807) is 12.1 Å². The third-order valence-electron chi connectivity index (χ3n) is 4.01. The van der Waals surface area contributed by atoms with Crippen molar-refractivity contribution in [3.63, 3.8) is 0 Å². The van der Waals surface area contributed by atoms with Crippen molar-refractivity contribution in [3.8, 4) is 0 Å². The molecule has 1 aromatic rings. The van der Waals surface area contributed by atoms with Crippen molar-refractivity contribution in [1.82, 2.24) is 0 Å². The summed E-state index contributed by atoms with van der Waals surface area (Å²) in [5.74, 6) is -0.514. The summed E-state index contributed by atoms with van der Waals surface area (Å²) < 4.78 is 24.6. The van der Waals surface area contributed by atoms with Gasteiger partial charge in [0, 0.05) is 5.94 Å². The number of halogens is 1. The SMILES string of the molecule is CC1(C)OB(C(N)Cc2ccc(F)cc2)OC1(C)C. The van der Waals surface area contributed by atoms with Gasteiger partial charge in [0.15, 0.2) is 0 Å².